The monoisotopic (exact) mass is 364 g/mol. The van der Waals surface area contributed by atoms with E-state index in [0.717, 1.165) is 4.88 Å². The van der Waals surface area contributed by atoms with Crippen LogP contribution in [0.2, 0.25) is 5.02 Å². The molecule has 3 nitrogen and oxygen atoms in total. The van der Waals surface area contributed by atoms with Gasteiger partial charge in [0.15, 0.2) is 0 Å². The number of rotatable bonds is 3. The number of hydrogen-bond acceptors (Lipinski definition) is 3. The molecule has 0 radical (unpaired) electrons. The van der Waals surface area contributed by atoms with Crippen LogP contribution in [0, 0.1) is 0 Å². The summed E-state index contributed by atoms with van der Waals surface area (Å²) in [5.74, 6) is 0.546. The predicted octanol–water partition coefficient (Wildman–Crippen LogP) is 5.27. The molecule has 0 unspecified atom stereocenters. The number of thiophene rings is 1. The van der Waals surface area contributed by atoms with E-state index in [4.69, 9.17) is 11.6 Å². The molecule has 0 N–H and O–H groups in total. The molecule has 2 heterocycles. The van der Waals surface area contributed by atoms with Crippen LogP contribution in [-0.4, -0.2) is 9.55 Å². The SMILES string of the molecule is O=c1c2ccccc2nc(C=Cc2cccs2)n1-c1ccccc1Cl. The first kappa shape index (κ1) is 15.8. The topological polar surface area (TPSA) is 34.9 Å². The molecule has 0 spiro atoms. The second-order valence-corrected chi connectivity index (χ2v) is 6.81. The smallest absolute Gasteiger partial charge is 0.266 e. The maximum Gasteiger partial charge on any atom is 0.266 e. The van der Waals surface area contributed by atoms with Crippen LogP contribution in [0.5, 0.6) is 0 Å². The third kappa shape index (κ3) is 3.02. The van der Waals surface area contributed by atoms with Gasteiger partial charge in [-0.05, 0) is 47.9 Å². The standard InChI is InChI=1S/C20H13ClN2OS/c21-16-8-2-4-10-18(16)23-19(12-11-14-6-5-13-25-14)22-17-9-3-1-7-15(17)20(23)24/h1-13H. The minimum Gasteiger partial charge on any atom is -0.268 e. The van der Waals surface area contributed by atoms with E-state index < -0.39 is 0 Å². The Hall–Kier alpha value is -2.69. The number of halogens is 1. The molecule has 122 valence electrons. The van der Waals surface area contributed by atoms with Crippen molar-refractivity contribution in [3.63, 3.8) is 0 Å². The summed E-state index contributed by atoms with van der Waals surface area (Å²) >= 11 is 7.97. The lowest BCUT2D eigenvalue weighted by atomic mass is 10.2. The van der Waals surface area contributed by atoms with Crippen molar-refractivity contribution >= 4 is 46.0 Å². The van der Waals surface area contributed by atoms with Gasteiger partial charge in [0.05, 0.1) is 21.6 Å². The third-order valence-corrected chi connectivity index (χ3v) is 4.99. The minimum absolute atomic E-state index is 0.135. The summed E-state index contributed by atoms with van der Waals surface area (Å²) in [6, 6.07) is 18.6. The first-order valence-electron chi connectivity index (χ1n) is 7.72. The Bertz CT molecular complexity index is 1130. The molecule has 0 aliphatic rings. The van der Waals surface area contributed by atoms with Crippen LogP contribution >= 0.6 is 22.9 Å². The molecular weight excluding hydrogens is 352 g/mol. The van der Waals surface area contributed by atoms with E-state index in [1.165, 1.54) is 0 Å². The van der Waals surface area contributed by atoms with Crippen molar-refractivity contribution < 1.29 is 0 Å². The van der Waals surface area contributed by atoms with Crippen LogP contribution < -0.4 is 5.56 Å². The van der Waals surface area contributed by atoms with E-state index in [2.05, 4.69) is 4.98 Å². The highest BCUT2D eigenvalue weighted by atomic mass is 35.5. The highest BCUT2D eigenvalue weighted by Crippen LogP contribution is 2.22. The Labute approximate surface area is 153 Å². The molecule has 2 aromatic heterocycles. The van der Waals surface area contributed by atoms with E-state index in [0.29, 0.717) is 27.4 Å². The first-order chi connectivity index (χ1) is 12.2. The zero-order chi connectivity index (χ0) is 17.2. The molecular formula is C20H13ClN2OS. The molecule has 25 heavy (non-hydrogen) atoms. The summed E-state index contributed by atoms with van der Waals surface area (Å²) in [4.78, 5) is 18.9. The highest BCUT2D eigenvalue weighted by Gasteiger charge is 2.13. The Morgan fingerprint density at radius 1 is 0.960 bits per heavy atom. The molecule has 4 aromatic rings. The summed E-state index contributed by atoms with van der Waals surface area (Å²) in [5.41, 5.74) is 1.16. The van der Waals surface area contributed by atoms with Gasteiger partial charge in [0.2, 0.25) is 0 Å². The van der Waals surface area contributed by atoms with Crippen LogP contribution in [0.25, 0.3) is 28.7 Å². The molecule has 0 fully saturated rings. The number of hydrogen-bond donors (Lipinski definition) is 0. The summed E-state index contributed by atoms with van der Waals surface area (Å²) < 4.78 is 1.56. The molecule has 5 heteroatoms. The highest BCUT2D eigenvalue weighted by molar-refractivity contribution is 7.10. The first-order valence-corrected chi connectivity index (χ1v) is 8.98. The number of benzene rings is 2. The van der Waals surface area contributed by atoms with Gasteiger partial charge in [0, 0.05) is 4.88 Å². The van der Waals surface area contributed by atoms with Gasteiger partial charge in [0.1, 0.15) is 5.82 Å². The maximum atomic E-state index is 13.1. The summed E-state index contributed by atoms with van der Waals surface area (Å²) in [7, 11) is 0. The lowest BCUT2D eigenvalue weighted by Crippen LogP contribution is -2.22. The van der Waals surface area contributed by atoms with Gasteiger partial charge >= 0.3 is 0 Å². The average Bonchev–Trinajstić information content (AvgIpc) is 3.15. The van der Waals surface area contributed by atoms with Crippen molar-refractivity contribution in [2.75, 3.05) is 0 Å². The number of aromatic nitrogens is 2. The quantitative estimate of drug-likeness (QED) is 0.496. The summed E-state index contributed by atoms with van der Waals surface area (Å²) in [6.07, 6.45) is 3.80. The summed E-state index contributed by atoms with van der Waals surface area (Å²) in [6.45, 7) is 0. The zero-order valence-electron chi connectivity index (χ0n) is 13.1. The number of nitrogens with zero attached hydrogens (tertiary/aromatic N) is 2. The normalized spacial score (nSPS) is 11.4. The lowest BCUT2D eigenvalue weighted by Gasteiger charge is -2.12. The van der Waals surface area contributed by atoms with Gasteiger partial charge in [-0.2, -0.15) is 0 Å². The van der Waals surface area contributed by atoms with Crippen molar-refractivity contribution in [2.24, 2.45) is 0 Å². The molecule has 4 rings (SSSR count). The van der Waals surface area contributed by atoms with Gasteiger partial charge in [-0.25, -0.2) is 4.98 Å². The summed E-state index contributed by atoms with van der Waals surface area (Å²) in [5, 5.41) is 3.08. The van der Waals surface area contributed by atoms with Gasteiger partial charge < -0.3 is 0 Å². The van der Waals surface area contributed by atoms with E-state index in [1.54, 1.807) is 28.0 Å². The van der Waals surface area contributed by atoms with E-state index in [-0.39, 0.29) is 5.56 Å². The molecule has 2 aromatic carbocycles. The number of para-hydroxylation sites is 2. The molecule has 0 aliphatic heterocycles. The third-order valence-electron chi connectivity index (χ3n) is 3.83. The minimum atomic E-state index is -0.135. The second-order valence-electron chi connectivity index (χ2n) is 5.43. The van der Waals surface area contributed by atoms with Crippen LogP contribution in [0.3, 0.4) is 0 Å². The van der Waals surface area contributed by atoms with E-state index in [1.807, 2.05) is 66.1 Å². The zero-order valence-corrected chi connectivity index (χ0v) is 14.7. The van der Waals surface area contributed by atoms with Crippen LogP contribution in [0.15, 0.2) is 70.8 Å². The molecule has 0 aliphatic carbocycles. The predicted molar refractivity (Wildman–Crippen MR) is 106 cm³/mol. The molecule has 0 saturated heterocycles. The van der Waals surface area contributed by atoms with Gasteiger partial charge in [-0.1, -0.05) is 41.9 Å². The number of fused-ring (bicyclic) bond motifs is 1. The Morgan fingerprint density at radius 2 is 1.76 bits per heavy atom. The van der Waals surface area contributed by atoms with E-state index >= 15 is 0 Å². The van der Waals surface area contributed by atoms with Crippen LogP contribution in [-0.2, 0) is 0 Å². The van der Waals surface area contributed by atoms with Crippen molar-refractivity contribution in [3.05, 3.63) is 92.1 Å². The van der Waals surface area contributed by atoms with Crippen LogP contribution in [0.1, 0.15) is 10.7 Å². The fourth-order valence-corrected chi connectivity index (χ4v) is 3.51. The van der Waals surface area contributed by atoms with Crippen molar-refractivity contribution in [1.29, 1.82) is 0 Å². The second kappa shape index (κ2) is 6.67. The van der Waals surface area contributed by atoms with Gasteiger partial charge in [0.25, 0.3) is 5.56 Å². The van der Waals surface area contributed by atoms with E-state index in [9.17, 15) is 4.79 Å². The molecule has 0 atom stereocenters. The van der Waals surface area contributed by atoms with Gasteiger partial charge in [-0.3, -0.25) is 9.36 Å². The average molecular weight is 365 g/mol. The fraction of sp³-hybridized carbons (Fsp3) is 0. The molecule has 0 amide bonds. The van der Waals surface area contributed by atoms with Crippen molar-refractivity contribution in [3.8, 4) is 5.69 Å². The Kier molecular flexibility index (Phi) is 4.22. The van der Waals surface area contributed by atoms with Gasteiger partial charge in [-0.15, -0.1) is 11.3 Å². The fourth-order valence-electron chi connectivity index (χ4n) is 2.67. The van der Waals surface area contributed by atoms with Crippen molar-refractivity contribution in [2.45, 2.75) is 0 Å². The molecule has 0 saturated carbocycles. The Morgan fingerprint density at radius 3 is 2.56 bits per heavy atom. The van der Waals surface area contributed by atoms with Crippen molar-refractivity contribution in [1.82, 2.24) is 9.55 Å². The van der Waals surface area contributed by atoms with Crippen LogP contribution in [0.4, 0.5) is 0 Å². The largest absolute Gasteiger partial charge is 0.268 e. The maximum absolute atomic E-state index is 13.1. The lowest BCUT2D eigenvalue weighted by molar-refractivity contribution is 0.944. The molecule has 0 bridgehead atoms. The Balaban J connectivity index is 2.01.